The Kier molecular flexibility index (Phi) is 4.21. The number of sulfonamides is 1. The van der Waals surface area contributed by atoms with Crippen molar-refractivity contribution in [1.29, 1.82) is 0 Å². The maximum absolute atomic E-state index is 12.0. The second-order valence-corrected chi connectivity index (χ2v) is 6.09. The normalized spacial score (nSPS) is 11.9. The van der Waals surface area contributed by atoms with E-state index in [-0.39, 0.29) is 18.0 Å². The van der Waals surface area contributed by atoms with Crippen LogP contribution in [0, 0.1) is 6.92 Å². The maximum atomic E-state index is 12.0. The smallest absolute Gasteiger partial charge is 0.242 e. The molecule has 0 fully saturated rings. The van der Waals surface area contributed by atoms with Crippen LogP contribution in [0.4, 0.5) is 0 Å². The zero-order valence-electron chi connectivity index (χ0n) is 11.2. The number of aliphatic hydroxyl groups excluding tert-OH is 1. The van der Waals surface area contributed by atoms with E-state index in [1.807, 2.05) is 0 Å². The topological polar surface area (TPSA) is 110 Å². The molecule has 2 heterocycles. The summed E-state index contributed by atoms with van der Waals surface area (Å²) < 4.78 is 33.0. The average Bonchev–Trinajstić information content (AvgIpc) is 2.95. The predicted octanol–water partition coefficient (Wildman–Crippen LogP) is -0.270. The van der Waals surface area contributed by atoms with Gasteiger partial charge in [0.1, 0.15) is 0 Å². The summed E-state index contributed by atoms with van der Waals surface area (Å²) in [5.74, 6) is 0.896. The molecule has 0 atom stereocenters. The van der Waals surface area contributed by atoms with Crippen molar-refractivity contribution in [1.82, 2.24) is 19.4 Å². The van der Waals surface area contributed by atoms with Crippen molar-refractivity contribution in [2.75, 3.05) is 6.54 Å². The van der Waals surface area contributed by atoms with E-state index in [1.54, 1.807) is 18.5 Å². The van der Waals surface area contributed by atoms with Gasteiger partial charge in [-0.2, -0.15) is 4.98 Å². The first-order valence-corrected chi connectivity index (χ1v) is 7.45. The molecule has 110 valence electrons. The maximum Gasteiger partial charge on any atom is 0.242 e. The van der Waals surface area contributed by atoms with E-state index in [2.05, 4.69) is 14.9 Å². The fourth-order valence-electron chi connectivity index (χ4n) is 1.70. The first kappa shape index (κ1) is 14.7. The van der Waals surface area contributed by atoms with Crippen LogP contribution >= 0.6 is 0 Å². The van der Waals surface area contributed by atoms with Crippen LogP contribution in [0.15, 0.2) is 21.7 Å². The van der Waals surface area contributed by atoms with E-state index in [9.17, 15) is 8.42 Å². The fourth-order valence-corrected chi connectivity index (χ4v) is 2.82. The number of aromatic nitrogens is 3. The van der Waals surface area contributed by atoms with Crippen LogP contribution < -0.4 is 4.72 Å². The van der Waals surface area contributed by atoms with Gasteiger partial charge in [-0.25, -0.2) is 13.1 Å². The van der Waals surface area contributed by atoms with Crippen molar-refractivity contribution in [3.63, 3.8) is 0 Å². The molecule has 0 radical (unpaired) electrons. The summed E-state index contributed by atoms with van der Waals surface area (Å²) in [4.78, 5) is 4.10. The first-order valence-electron chi connectivity index (χ1n) is 5.97. The molecule has 2 N–H and O–H groups in total. The summed E-state index contributed by atoms with van der Waals surface area (Å²) in [6, 6.07) is 1.43. The Bertz CT molecular complexity index is 689. The van der Waals surface area contributed by atoms with Gasteiger partial charge >= 0.3 is 0 Å². The van der Waals surface area contributed by atoms with Crippen molar-refractivity contribution in [3.8, 4) is 0 Å². The summed E-state index contributed by atoms with van der Waals surface area (Å²) in [5.41, 5.74) is 0.526. The highest BCUT2D eigenvalue weighted by atomic mass is 32.2. The summed E-state index contributed by atoms with van der Waals surface area (Å²) in [6.07, 6.45) is 1.77. The van der Waals surface area contributed by atoms with Gasteiger partial charge in [-0.15, -0.1) is 0 Å². The molecule has 0 amide bonds. The largest absolute Gasteiger partial charge is 0.390 e. The molecular formula is C11H16N4O4S. The highest BCUT2D eigenvalue weighted by Gasteiger charge is 2.17. The Labute approximate surface area is 116 Å². The monoisotopic (exact) mass is 300 g/mol. The van der Waals surface area contributed by atoms with Gasteiger partial charge in [-0.3, -0.25) is 0 Å². The molecule has 2 rings (SSSR count). The molecule has 0 unspecified atom stereocenters. The van der Waals surface area contributed by atoms with Gasteiger partial charge in [-0.1, -0.05) is 5.16 Å². The first-order chi connectivity index (χ1) is 9.42. The lowest BCUT2D eigenvalue weighted by atomic mass is 10.4. The van der Waals surface area contributed by atoms with E-state index >= 15 is 0 Å². The van der Waals surface area contributed by atoms with Gasteiger partial charge in [0, 0.05) is 31.9 Å². The van der Waals surface area contributed by atoms with Crippen molar-refractivity contribution >= 4 is 10.0 Å². The molecule has 0 spiro atoms. The number of rotatable bonds is 6. The van der Waals surface area contributed by atoms with E-state index in [1.165, 1.54) is 12.3 Å². The zero-order valence-corrected chi connectivity index (χ0v) is 12.0. The molecule has 0 bridgehead atoms. The fraction of sp³-hybridized carbons (Fsp3) is 0.455. The van der Waals surface area contributed by atoms with Crippen LogP contribution in [-0.2, 0) is 30.1 Å². The zero-order chi connectivity index (χ0) is 14.8. The molecule has 2 aromatic rings. The SMILES string of the molecule is Cc1noc(CCNS(=O)(=O)c2cc(CO)n(C)c2)n1. The van der Waals surface area contributed by atoms with Crippen molar-refractivity contribution < 1.29 is 18.0 Å². The van der Waals surface area contributed by atoms with Crippen molar-refractivity contribution in [2.45, 2.75) is 24.8 Å². The third-order valence-electron chi connectivity index (χ3n) is 2.76. The highest BCUT2D eigenvalue weighted by Crippen LogP contribution is 2.13. The summed E-state index contributed by atoms with van der Waals surface area (Å²) >= 11 is 0. The Hall–Kier alpha value is -1.71. The number of aliphatic hydroxyl groups is 1. The molecule has 2 aromatic heterocycles. The van der Waals surface area contributed by atoms with Gasteiger partial charge in [0.05, 0.1) is 11.5 Å². The molecule has 0 aliphatic carbocycles. The van der Waals surface area contributed by atoms with Crippen LogP contribution in [0.2, 0.25) is 0 Å². The van der Waals surface area contributed by atoms with Crippen LogP contribution in [0.25, 0.3) is 0 Å². The van der Waals surface area contributed by atoms with Crippen LogP contribution in [0.1, 0.15) is 17.4 Å². The molecule has 9 heteroatoms. The number of hydrogen-bond donors (Lipinski definition) is 2. The molecule has 20 heavy (non-hydrogen) atoms. The quantitative estimate of drug-likeness (QED) is 0.760. The van der Waals surface area contributed by atoms with Gasteiger partial charge in [0.15, 0.2) is 5.82 Å². The van der Waals surface area contributed by atoms with Gasteiger partial charge < -0.3 is 14.2 Å². The highest BCUT2D eigenvalue weighted by molar-refractivity contribution is 7.89. The van der Waals surface area contributed by atoms with Crippen LogP contribution in [0.3, 0.4) is 0 Å². The van der Waals surface area contributed by atoms with Crippen LogP contribution in [-0.4, -0.2) is 34.8 Å². The standard InChI is InChI=1S/C11H16N4O4S/c1-8-13-11(19-14-8)3-4-12-20(17,18)10-5-9(7-16)15(2)6-10/h5-6,12,16H,3-4,7H2,1-2H3. The van der Waals surface area contributed by atoms with E-state index in [4.69, 9.17) is 9.63 Å². The predicted molar refractivity (Wildman–Crippen MR) is 69.3 cm³/mol. The molecule has 0 saturated carbocycles. The third-order valence-corrected chi connectivity index (χ3v) is 4.18. The Morgan fingerprint density at radius 1 is 1.50 bits per heavy atom. The molecule has 0 aliphatic heterocycles. The lowest BCUT2D eigenvalue weighted by Gasteiger charge is -2.02. The van der Waals surface area contributed by atoms with Crippen molar-refractivity contribution in [2.24, 2.45) is 7.05 Å². The molecule has 8 nitrogen and oxygen atoms in total. The van der Waals surface area contributed by atoms with E-state index in [0.29, 0.717) is 23.8 Å². The molecule has 0 saturated heterocycles. The number of nitrogens with one attached hydrogen (secondary N) is 1. The summed E-state index contributed by atoms with van der Waals surface area (Å²) in [6.45, 7) is 1.64. The minimum absolute atomic E-state index is 0.116. The van der Waals surface area contributed by atoms with Gasteiger partial charge in [-0.05, 0) is 13.0 Å². The molecule has 0 aliphatic rings. The van der Waals surface area contributed by atoms with Gasteiger partial charge in [0.25, 0.3) is 0 Å². The Morgan fingerprint density at radius 2 is 2.25 bits per heavy atom. The van der Waals surface area contributed by atoms with Crippen molar-refractivity contribution in [3.05, 3.63) is 29.7 Å². The summed E-state index contributed by atoms with van der Waals surface area (Å²) in [5, 5.41) is 12.7. The minimum Gasteiger partial charge on any atom is -0.390 e. The minimum atomic E-state index is -3.61. The number of aryl methyl sites for hydroxylation is 2. The molecule has 0 aromatic carbocycles. The molecular weight excluding hydrogens is 284 g/mol. The number of hydrogen-bond acceptors (Lipinski definition) is 6. The lowest BCUT2D eigenvalue weighted by Crippen LogP contribution is -2.25. The Morgan fingerprint density at radius 3 is 2.80 bits per heavy atom. The Balaban J connectivity index is 2.00. The van der Waals surface area contributed by atoms with Crippen LogP contribution in [0.5, 0.6) is 0 Å². The van der Waals surface area contributed by atoms with Gasteiger partial charge in [0.2, 0.25) is 15.9 Å². The third kappa shape index (κ3) is 3.24. The van der Waals surface area contributed by atoms with E-state index < -0.39 is 10.0 Å². The lowest BCUT2D eigenvalue weighted by molar-refractivity contribution is 0.272. The average molecular weight is 300 g/mol. The second-order valence-electron chi connectivity index (χ2n) is 4.32. The number of nitrogens with zero attached hydrogens (tertiary/aromatic N) is 3. The van der Waals surface area contributed by atoms with E-state index in [0.717, 1.165) is 0 Å². The second kappa shape index (κ2) is 5.73. The summed E-state index contributed by atoms with van der Waals surface area (Å²) in [7, 11) is -1.93.